The van der Waals surface area contributed by atoms with E-state index in [1.54, 1.807) is 13.3 Å². The Morgan fingerprint density at radius 3 is 2.74 bits per heavy atom. The van der Waals surface area contributed by atoms with Gasteiger partial charge in [-0.2, -0.15) is 0 Å². The quantitative estimate of drug-likeness (QED) is 0.106. The normalized spacial score (nSPS) is 20.6. The molecule has 6 bridgehead atoms. The first kappa shape index (κ1) is 43.2. The van der Waals surface area contributed by atoms with Gasteiger partial charge in [-0.05, 0) is 104 Å². The summed E-state index contributed by atoms with van der Waals surface area (Å²) in [6.07, 6.45) is 6.77. The van der Waals surface area contributed by atoms with Crippen LogP contribution in [0.4, 0.5) is 0 Å². The molecule has 4 aromatic rings. The van der Waals surface area contributed by atoms with E-state index in [0.29, 0.717) is 38.6 Å². The Morgan fingerprint density at radius 2 is 2.02 bits per heavy atom. The van der Waals surface area contributed by atoms with Crippen molar-refractivity contribution in [3.63, 3.8) is 0 Å². The standard InChI is InChI=1S/C45H61N7O5S/c1-10-27(3)20-31(21-28(4)46-8)42(53)49-36-23-39-48-37(25-58-39)30-16-17-38-33(22-30)34(41(51(38)11-2)32-14-12-18-47-40(32)29(5)56-9)24-45(6,7)26-57-44(55)35-15-13-19-52(50-35)43(36)54/h10,12,14,16-18,22,25,28-29,31,35-36,46,50H,11,13,15,19-21,23-24,26H2,1-9H3,(H,49,53)/b27-10+/t28-,29-,31-,35-,36-/m0/s1. The summed E-state index contributed by atoms with van der Waals surface area (Å²) in [7, 11) is 3.59. The van der Waals surface area contributed by atoms with E-state index in [0.717, 1.165) is 61.8 Å². The van der Waals surface area contributed by atoms with Gasteiger partial charge in [-0.25, -0.2) is 10.4 Å². The van der Waals surface area contributed by atoms with Crippen LogP contribution < -0.4 is 16.1 Å². The van der Waals surface area contributed by atoms with E-state index in [4.69, 9.17) is 19.4 Å². The molecule has 0 spiro atoms. The lowest BCUT2D eigenvalue weighted by Gasteiger charge is -2.36. The number of allylic oxidation sites excluding steroid dienone is 2. The van der Waals surface area contributed by atoms with Crippen LogP contribution in [0.25, 0.3) is 33.4 Å². The molecule has 0 unspecified atom stereocenters. The van der Waals surface area contributed by atoms with E-state index in [1.807, 2.05) is 45.3 Å². The third-order valence-electron chi connectivity index (χ3n) is 11.7. The van der Waals surface area contributed by atoms with Gasteiger partial charge in [0.25, 0.3) is 5.91 Å². The van der Waals surface area contributed by atoms with Gasteiger partial charge in [-0.15, -0.1) is 11.3 Å². The number of thiazole rings is 1. The molecule has 6 rings (SSSR count). The van der Waals surface area contributed by atoms with Crippen molar-refractivity contribution < 1.29 is 23.9 Å². The van der Waals surface area contributed by atoms with E-state index < -0.39 is 23.5 Å². The van der Waals surface area contributed by atoms with Crippen molar-refractivity contribution in [1.82, 2.24) is 35.6 Å². The zero-order valence-electron chi connectivity index (χ0n) is 35.6. The summed E-state index contributed by atoms with van der Waals surface area (Å²) in [6, 6.07) is 9.06. The van der Waals surface area contributed by atoms with Crippen LogP contribution in [0.15, 0.2) is 53.6 Å². The van der Waals surface area contributed by atoms with Gasteiger partial charge in [0.15, 0.2) is 0 Å². The second-order valence-corrected chi connectivity index (χ2v) is 17.7. The van der Waals surface area contributed by atoms with E-state index in [9.17, 15) is 14.4 Å². The number of hydrogen-bond donors (Lipinski definition) is 3. The highest BCUT2D eigenvalue weighted by Gasteiger charge is 2.36. The van der Waals surface area contributed by atoms with Gasteiger partial charge in [0, 0.05) is 77.6 Å². The average Bonchev–Trinajstić information content (AvgIpc) is 3.82. The van der Waals surface area contributed by atoms with Gasteiger partial charge in [0.1, 0.15) is 12.1 Å². The first-order valence-electron chi connectivity index (χ1n) is 20.7. The van der Waals surface area contributed by atoms with Crippen molar-refractivity contribution in [2.45, 2.75) is 118 Å². The number of carbonyl (C=O) groups excluding carboxylic acids is 3. The number of ether oxygens (including phenoxy) is 2. The molecule has 1 fully saturated rings. The van der Waals surface area contributed by atoms with Crippen LogP contribution in [0.3, 0.4) is 0 Å². The minimum Gasteiger partial charge on any atom is -0.464 e. The number of hydrazine groups is 1. The van der Waals surface area contributed by atoms with Crippen molar-refractivity contribution in [2.75, 3.05) is 27.3 Å². The van der Waals surface area contributed by atoms with E-state index in [1.165, 1.54) is 16.3 Å². The smallest absolute Gasteiger partial charge is 0.324 e. The number of pyridine rings is 1. The predicted molar refractivity (Wildman–Crippen MR) is 230 cm³/mol. The summed E-state index contributed by atoms with van der Waals surface area (Å²) in [5, 5.41) is 11.8. The minimum absolute atomic E-state index is 0.104. The molecule has 2 aliphatic rings. The Hall–Kier alpha value is -4.43. The molecule has 1 aromatic carbocycles. The van der Waals surface area contributed by atoms with Gasteiger partial charge in [0.2, 0.25) is 5.91 Å². The second-order valence-electron chi connectivity index (χ2n) is 16.7. The Morgan fingerprint density at radius 1 is 1.22 bits per heavy atom. The maximum Gasteiger partial charge on any atom is 0.324 e. The van der Waals surface area contributed by atoms with Crippen LogP contribution in [0.5, 0.6) is 0 Å². The number of aromatic nitrogens is 3. The first-order valence-corrected chi connectivity index (χ1v) is 21.6. The number of cyclic esters (lactones) is 1. The topological polar surface area (TPSA) is 140 Å². The molecule has 3 N–H and O–H groups in total. The number of aryl methyl sites for hydroxylation is 1. The highest BCUT2D eigenvalue weighted by molar-refractivity contribution is 7.10. The molecule has 1 saturated heterocycles. The van der Waals surface area contributed by atoms with E-state index >= 15 is 0 Å². The highest BCUT2D eigenvalue weighted by Crippen LogP contribution is 2.42. The molecule has 0 aliphatic carbocycles. The number of hydrogen-bond acceptors (Lipinski definition) is 10. The first-order chi connectivity index (χ1) is 27.8. The number of nitrogens with zero attached hydrogens (tertiary/aromatic N) is 4. The van der Waals surface area contributed by atoms with Crippen molar-refractivity contribution in [3.05, 3.63) is 69.8 Å². The summed E-state index contributed by atoms with van der Waals surface area (Å²) < 4.78 is 14.3. The van der Waals surface area contributed by atoms with Gasteiger partial charge in [-0.1, -0.05) is 31.6 Å². The summed E-state index contributed by atoms with van der Waals surface area (Å²) in [4.78, 5) is 52.2. The average molecular weight is 812 g/mol. The molecule has 0 radical (unpaired) electrons. The molecule has 13 heteroatoms. The van der Waals surface area contributed by atoms with Gasteiger partial charge >= 0.3 is 5.97 Å². The molecule has 5 atom stereocenters. The molecule has 12 nitrogen and oxygen atoms in total. The number of rotatable bonds is 11. The lowest BCUT2D eigenvalue weighted by Crippen LogP contribution is -2.60. The van der Waals surface area contributed by atoms with Crippen LogP contribution in [-0.2, 0) is 43.2 Å². The predicted octanol–water partition coefficient (Wildman–Crippen LogP) is 7.17. The molecule has 2 amide bonds. The number of amides is 2. The Kier molecular flexibility index (Phi) is 13.9. The van der Waals surface area contributed by atoms with E-state index in [2.05, 4.69) is 72.6 Å². The maximum absolute atomic E-state index is 14.4. The summed E-state index contributed by atoms with van der Waals surface area (Å²) >= 11 is 1.48. The highest BCUT2D eigenvalue weighted by atomic mass is 32.1. The lowest BCUT2D eigenvalue weighted by molar-refractivity contribution is -0.155. The van der Waals surface area contributed by atoms with Crippen molar-refractivity contribution in [2.24, 2.45) is 11.3 Å². The molecule has 58 heavy (non-hydrogen) atoms. The molecular formula is C45H61N7O5S. The largest absolute Gasteiger partial charge is 0.464 e. The Bertz CT molecular complexity index is 2140. The third-order valence-corrected chi connectivity index (χ3v) is 12.6. The van der Waals surface area contributed by atoms with Crippen molar-refractivity contribution >= 4 is 40.0 Å². The fourth-order valence-corrected chi connectivity index (χ4v) is 9.04. The van der Waals surface area contributed by atoms with Gasteiger partial charge in [-0.3, -0.25) is 24.4 Å². The SMILES string of the molecule is C/C=C(\C)C[C@@H](C[C@H](C)NC)C(=O)N[C@H]1Cc2nc(cs2)-c2ccc3c(c2)c(c(-c2cccnc2[C@H](C)OC)n3CC)CC(C)(C)COC(=O)[C@@H]2CCCN(N2)C1=O. The lowest BCUT2D eigenvalue weighted by atomic mass is 9.84. The van der Waals surface area contributed by atoms with Crippen LogP contribution in [0, 0.1) is 11.3 Å². The summed E-state index contributed by atoms with van der Waals surface area (Å²) in [6.45, 7) is 15.8. The van der Waals surface area contributed by atoms with Crippen LogP contribution in [0.1, 0.15) is 96.5 Å². The number of fused-ring (bicyclic) bond motifs is 6. The van der Waals surface area contributed by atoms with Gasteiger partial charge < -0.3 is 24.7 Å². The molecule has 0 saturated carbocycles. The zero-order valence-corrected chi connectivity index (χ0v) is 36.4. The fourth-order valence-electron chi connectivity index (χ4n) is 8.19. The number of esters is 1. The van der Waals surface area contributed by atoms with Gasteiger partial charge in [0.05, 0.1) is 34.8 Å². The number of carbonyl (C=O) groups is 3. The minimum atomic E-state index is -0.900. The Balaban J connectivity index is 1.46. The van der Waals surface area contributed by atoms with Crippen LogP contribution in [-0.4, -0.2) is 82.8 Å². The summed E-state index contributed by atoms with van der Waals surface area (Å²) in [5.41, 5.74) is 10.7. The maximum atomic E-state index is 14.4. The Labute approximate surface area is 347 Å². The van der Waals surface area contributed by atoms with Crippen molar-refractivity contribution in [1.29, 1.82) is 0 Å². The molecule has 5 heterocycles. The fraction of sp³-hybridized carbons (Fsp3) is 0.533. The summed E-state index contributed by atoms with van der Waals surface area (Å²) in [5.74, 6) is -1.22. The van der Waals surface area contributed by atoms with Crippen LogP contribution in [0.2, 0.25) is 0 Å². The van der Waals surface area contributed by atoms with E-state index in [-0.39, 0.29) is 42.9 Å². The number of methoxy groups -OCH3 is 1. The molecule has 3 aromatic heterocycles. The molecular weight excluding hydrogens is 751 g/mol. The molecule has 312 valence electrons. The molecule has 2 aliphatic heterocycles. The number of benzene rings is 1. The second kappa shape index (κ2) is 18.7. The third kappa shape index (κ3) is 9.54. The number of nitrogens with one attached hydrogen (secondary N) is 3. The van der Waals surface area contributed by atoms with Crippen molar-refractivity contribution in [3.8, 4) is 22.5 Å². The monoisotopic (exact) mass is 811 g/mol. The van der Waals surface area contributed by atoms with Crippen LogP contribution >= 0.6 is 11.3 Å². The zero-order chi connectivity index (χ0) is 41.7.